The van der Waals surface area contributed by atoms with Crippen molar-refractivity contribution in [3.63, 3.8) is 0 Å². The fourth-order valence-corrected chi connectivity index (χ4v) is 2.82. The average Bonchev–Trinajstić information content (AvgIpc) is 2.74. The molecule has 1 N–H and O–H groups in total. The summed E-state index contributed by atoms with van der Waals surface area (Å²) >= 11 is 0. The molecule has 0 aliphatic heterocycles. The second-order valence-corrected chi connectivity index (χ2v) is 5.53. The summed E-state index contributed by atoms with van der Waals surface area (Å²) in [6, 6.07) is 0. The van der Waals surface area contributed by atoms with E-state index in [4.69, 9.17) is 4.74 Å². The Morgan fingerprint density at radius 2 is 2.35 bits per heavy atom. The number of allylic oxidation sites excluding steroid dienone is 2. The highest BCUT2D eigenvalue weighted by Crippen LogP contribution is 2.40. The molecule has 0 spiro atoms. The first-order valence-electron chi connectivity index (χ1n) is 6.66. The lowest BCUT2D eigenvalue weighted by molar-refractivity contribution is -0.123. The van der Waals surface area contributed by atoms with Crippen molar-refractivity contribution in [2.24, 2.45) is 11.3 Å². The second kappa shape index (κ2) is 5.67. The Balaban J connectivity index is 1.69. The zero-order valence-corrected chi connectivity index (χ0v) is 10.7. The van der Waals surface area contributed by atoms with Crippen LogP contribution >= 0.6 is 0 Å². The van der Waals surface area contributed by atoms with Crippen molar-refractivity contribution in [2.45, 2.75) is 38.5 Å². The van der Waals surface area contributed by atoms with Crippen LogP contribution in [0.2, 0.25) is 0 Å². The number of carbonyl (C=O) groups excluding carboxylic acids is 1. The molecule has 2 rings (SSSR count). The molecule has 0 saturated heterocycles. The first-order valence-corrected chi connectivity index (χ1v) is 6.66. The molecule has 3 nitrogen and oxygen atoms in total. The third kappa shape index (κ3) is 3.32. The Morgan fingerprint density at radius 1 is 1.53 bits per heavy atom. The van der Waals surface area contributed by atoms with Crippen LogP contribution in [0.25, 0.3) is 0 Å². The highest BCUT2D eigenvalue weighted by Gasteiger charge is 2.37. The fraction of sp³-hybridized carbons (Fsp3) is 0.786. The van der Waals surface area contributed by atoms with Crippen LogP contribution in [0.4, 0.5) is 0 Å². The van der Waals surface area contributed by atoms with Gasteiger partial charge >= 0.3 is 0 Å². The van der Waals surface area contributed by atoms with Crippen molar-refractivity contribution in [2.75, 3.05) is 20.3 Å². The molecule has 0 radical (unpaired) electrons. The van der Waals surface area contributed by atoms with Crippen molar-refractivity contribution in [3.8, 4) is 0 Å². The third-order valence-electron chi connectivity index (χ3n) is 4.09. The minimum Gasteiger partial charge on any atom is -0.384 e. The lowest BCUT2D eigenvalue weighted by atomic mass is 9.69. The molecule has 0 aromatic carbocycles. The van der Waals surface area contributed by atoms with Gasteiger partial charge in [0, 0.05) is 25.5 Å². The van der Waals surface area contributed by atoms with E-state index >= 15 is 0 Å². The van der Waals surface area contributed by atoms with Gasteiger partial charge in [0.15, 0.2) is 0 Å². The predicted molar refractivity (Wildman–Crippen MR) is 67.7 cm³/mol. The minimum absolute atomic E-state index is 0.198. The number of hydrogen-bond acceptors (Lipinski definition) is 2. The SMILES string of the molecule is COCC1(CNC(=O)C[C@@H]2C=CCC2)CCC1. The molecular weight excluding hydrogens is 214 g/mol. The monoisotopic (exact) mass is 237 g/mol. The number of nitrogens with one attached hydrogen (secondary N) is 1. The van der Waals surface area contributed by atoms with Gasteiger partial charge in [-0.05, 0) is 31.6 Å². The average molecular weight is 237 g/mol. The number of ether oxygens (including phenoxy) is 1. The van der Waals surface area contributed by atoms with Crippen molar-refractivity contribution in [1.29, 1.82) is 0 Å². The number of carbonyl (C=O) groups is 1. The van der Waals surface area contributed by atoms with Crippen LogP contribution in [-0.2, 0) is 9.53 Å². The Bertz CT molecular complexity index is 295. The molecule has 0 unspecified atom stereocenters. The van der Waals surface area contributed by atoms with E-state index in [0.717, 1.165) is 26.0 Å². The van der Waals surface area contributed by atoms with Gasteiger partial charge in [-0.15, -0.1) is 0 Å². The van der Waals surface area contributed by atoms with Crippen LogP contribution < -0.4 is 5.32 Å². The Hall–Kier alpha value is -0.830. The Kier molecular flexibility index (Phi) is 4.21. The van der Waals surface area contributed by atoms with Crippen LogP contribution in [0, 0.1) is 11.3 Å². The second-order valence-electron chi connectivity index (χ2n) is 5.53. The molecule has 2 aliphatic carbocycles. The molecule has 1 saturated carbocycles. The summed E-state index contributed by atoms with van der Waals surface area (Å²) in [5.41, 5.74) is 0.232. The van der Waals surface area contributed by atoms with Gasteiger partial charge in [0.05, 0.1) is 6.61 Å². The molecule has 0 aromatic rings. The van der Waals surface area contributed by atoms with E-state index in [1.807, 2.05) is 0 Å². The van der Waals surface area contributed by atoms with Gasteiger partial charge in [0.2, 0.25) is 5.91 Å². The predicted octanol–water partition coefficient (Wildman–Crippen LogP) is 2.28. The highest BCUT2D eigenvalue weighted by atomic mass is 16.5. The van der Waals surface area contributed by atoms with Crippen molar-refractivity contribution in [1.82, 2.24) is 5.32 Å². The molecule has 2 aliphatic rings. The van der Waals surface area contributed by atoms with E-state index < -0.39 is 0 Å². The summed E-state index contributed by atoms with van der Waals surface area (Å²) in [5.74, 6) is 0.665. The van der Waals surface area contributed by atoms with Crippen LogP contribution in [0.5, 0.6) is 0 Å². The van der Waals surface area contributed by atoms with Crippen molar-refractivity contribution >= 4 is 5.91 Å². The van der Waals surface area contributed by atoms with Crippen LogP contribution in [0.15, 0.2) is 12.2 Å². The van der Waals surface area contributed by atoms with E-state index in [2.05, 4.69) is 17.5 Å². The van der Waals surface area contributed by atoms with Gasteiger partial charge in [-0.25, -0.2) is 0 Å². The molecule has 1 atom stereocenters. The van der Waals surface area contributed by atoms with E-state index in [-0.39, 0.29) is 11.3 Å². The molecule has 3 heteroatoms. The largest absolute Gasteiger partial charge is 0.384 e. The quantitative estimate of drug-likeness (QED) is 0.720. The highest BCUT2D eigenvalue weighted by molar-refractivity contribution is 5.76. The molecule has 17 heavy (non-hydrogen) atoms. The molecule has 0 heterocycles. The summed E-state index contributed by atoms with van der Waals surface area (Å²) in [6.45, 7) is 1.56. The number of hydrogen-bond donors (Lipinski definition) is 1. The van der Waals surface area contributed by atoms with E-state index in [0.29, 0.717) is 12.3 Å². The molecule has 1 amide bonds. The van der Waals surface area contributed by atoms with Crippen LogP contribution in [0.3, 0.4) is 0 Å². The van der Waals surface area contributed by atoms with Gasteiger partial charge in [0.1, 0.15) is 0 Å². The number of methoxy groups -OCH3 is 1. The standard InChI is InChI=1S/C14H23NO2/c1-17-11-14(7-4-8-14)10-15-13(16)9-12-5-2-3-6-12/h2,5,12H,3-4,6-11H2,1H3,(H,15,16)/t12-/m1/s1. The zero-order chi connectivity index (χ0) is 12.1. The van der Waals surface area contributed by atoms with E-state index in [1.165, 1.54) is 19.3 Å². The van der Waals surface area contributed by atoms with Gasteiger partial charge in [-0.3, -0.25) is 4.79 Å². The van der Waals surface area contributed by atoms with E-state index in [1.54, 1.807) is 7.11 Å². The van der Waals surface area contributed by atoms with E-state index in [9.17, 15) is 4.79 Å². The number of rotatable bonds is 6. The maximum absolute atomic E-state index is 11.8. The Morgan fingerprint density at radius 3 is 2.88 bits per heavy atom. The summed E-state index contributed by atoms with van der Waals surface area (Å²) < 4.78 is 5.25. The number of amides is 1. The lowest BCUT2D eigenvalue weighted by Crippen LogP contribution is -2.45. The fourth-order valence-electron chi connectivity index (χ4n) is 2.82. The Labute approximate surface area is 104 Å². The first-order chi connectivity index (χ1) is 8.24. The molecule has 96 valence electrons. The molecule has 1 fully saturated rings. The van der Waals surface area contributed by atoms with Crippen LogP contribution in [-0.4, -0.2) is 26.2 Å². The molecular formula is C14H23NO2. The maximum Gasteiger partial charge on any atom is 0.220 e. The maximum atomic E-state index is 11.8. The van der Waals surface area contributed by atoms with Gasteiger partial charge < -0.3 is 10.1 Å². The van der Waals surface area contributed by atoms with Crippen LogP contribution in [0.1, 0.15) is 38.5 Å². The van der Waals surface area contributed by atoms with Gasteiger partial charge in [-0.1, -0.05) is 18.6 Å². The molecule has 0 aromatic heterocycles. The van der Waals surface area contributed by atoms with Crippen molar-refractivity contribution in [3.05, 3.63) is 12.2 Å². The first kappa shape index (κ1) is 12.6. The van der Waals surface area contributed by atoms with Crippen molar-refractivity contribution < 1.29 is 9.53 Å². The normalized spacial score (nSPS) is 25.6. The smallest absolute Gasteiger partial charge is 0.220 e. The van der Waals surface area contributed by atoms with Gasteiger partial charge in [0.25, 0.3) is 0 Å². The van der Waals surface area contributed by atoms with Gasteiger partial charge in [-0.2, -0.15) is 0 Å². The summed E-state index contributed by atoms with van der Waals surface area (Å²) in [4.78, 5) is 11.8. The molecule has 0 bridgehead atoms. The summed E-state index contributed by atoms with van der Waals surface area (Å²) in [7, 11) is 1.74. The topological polar surface area (TPSA) is 38.3 Å². The zero-order valence-electron chi connectivity index (χ0n) is 10.7. The summed E-state index contributed by atoms with van der Waals surface area (Å²) in [5, 5.41) is 3.08. The lowest BCUT2D eigenvalue weighted by Gasteiger charge is -2.41. The summed E-state index contributed by atoms with van der Waals surface area (Å²) in [6.07, 6.45) is 10.9. The minimum atomic E-state index is 0.198. The third-order valence-corrected chi connectivity index (χ3v) is 4.09.